The highest BCUT2D eigenvalue weighted by molar-refractivity contribution is 5.92. The van der Waals surface area contributed by atoms with Crippen LogP contribution in [0.2, 0.25) is 0 Å². The van der Waals surface area contributed by atoms with Gasteiger partial charge in [-0.2, -0.15) is 13.2 Å². The van der Waals surface area contributed by atoms with Crippen molar-refractivity contribution in [3.05, 3.63) is 84.1 Å². The van der Waals surface area contributed by atoms with Crippen molar-refractivity contribution >= 4 is 11.7 Å². The second-order valence-electron chi connectivity index (χ2n) is 7.01. The van der Waals surface area contributed by atoms with Gasteiger partial charge in [0.25, 0.3) is 0 Å². The average molecular weight is 438 g/mol. The summed E-state index contributed by atoms with van der Waals surface area (Å²) in [6.07, 6.45) is -2.84. The molecule has 0 aliphatic rings. The topological polar surface area (TPSA) is 83.0 Å². The lowest BCUT2D eigenvalue weighted by Gasteiger charge is -2.09. The summed E-state index contributed by atoms with van der Waals surface area (Å²) in [5.74, 6) is -0.522. The highest BCUT2D eigenvalue weighted by Gasteiger charge is 2.30. The first kappa shape index (κ1) is 21.1. The Labute approximate surface area is 181 Å². The number of nitrogens with two attached hydrogens (primary N) is 1. The third-order valence-corrected chi connectivity index (χ3v) is 4.85. The molecule has 32 heavy (non-hydrogen) atoms. The third-order valence-electron chi connectivity index (χ3n) is 4.85. The fourth-order valence-corrected chi connectivity index (χ4v) is 3.17. The summed E-state index contributed by atoms with van der Waals surface area (Å²) in [7, 11) is 1.29. The summed E-state index contributed by atoms with van der Waals surface area (Å²) >= 11 is 0. The Bertz CT molecular complexity index is 1260. The maximum absolute atomic E-state index is 12.8. The molecule has 1 aromatic heterocycles. The fourth-order valence-electron chi connectivity index (χ4n) is 3.17. The molecule has 4 aromatic rings. The van der Waals surface area contributed by atoms with Gasteiger partial charge in [0.05, 0.1) is 30.1 Å². The molecule has 0 amide bonds. The predicted molar refractivity (Wildman–Crippen MR) is 113 cm³/mol. The predicted octanol–water partition coefficient (Wildman–Crippen LogP) is 4.99. The molecule has 0 bridgehead atoms. The first-order chi connectivity index (χ1) is 15.2. The molecule has 0 saturated carbocycles. The summed E-state index contributed by atoms with van der Waals surface area (Å²) < 4.78 is 44.7. The van der Waals surface area contributed by atoms with Crippen LogP contribution in [-0.4, -0.2) is 28.1 Å². The summed E-state index contributed by atoms with van der Waals surface area (Å²) in [6.45, 7) is 0. The maximum Gasteiger partial charge on any atom is 0.416 e. The number of methoxy groups -OCH3 is 1. The monoisotopic (exact) mass is 438 g/mol. The van der Waals surface area contributed by atoms with Gasteiger partial charge in [0.1, 0.15) is 5.69 Å². The van der Waals surface area contributed by atoms with Crippen molar-refractivity contribution in [3.63, 3.8) is 0 Å². The molecule has 0 saturated heterocycles. The smallest absolute Gasteiger partial charge is 0.416 e. The highest BCUT2D eigenvalue weighted by Crippen LogP contribution is 2.31. The van der Waals surface area contributed by atoms with E-state index in [1.165, 1.54) is 23.9 Å². The van der Waals surface area contributed by atoms with Gasteiger partial charge < -0.3 is 10.5 Å². The molecule has 9 heteroatoms. The zero-order valence-corrected chi connectivity index (χ0v) is 16.8. The molecule has 0 spiro atoms. The van der Waals surface area contributed by atoms with Crippen molar-refractivity contribution in [2.45, 2.75) is 6.18 Å². The van der Waals surface area contributed by atoms with Crippen LogP contribution in [0.3, 0.4) is 0 Å². The van der Waals surface area contributed by atoms with E-state index in [1.54, 1.807) is 30.5 Å². The molecule has 0 unspecified atom stereocenters. The number of carbonyl (C=O) groups excluding carboxylic acids is 1. The molecule has 0 radical (unpaired) electrons. The van der Waals surface area contributed by atoms with Crippen LogP contribution in [0.25, 0.3) is 28.1 Å². The lowest BCUT2D eigenvalue weighted by molar-refractivity contribution is -0.137. The van der Waals surface area contributed by atoms with E-state index in [0.29, 0.717) is 28.2 Å². The van der Waals surface area contributed by atoms with Gasteiger partial charge in [-0.05, 0) is 53.6 Å². The number of carbonyl (C=O) groups is 1. The van der Waals surface area contributed by atoms with Gasteiger partial charge >= 0.3 is 12.1 Å². The molecule has 4 rings (SSSR count). The molecular formula is C23H17F3N4O2. The number of nitrogens with zero attached hydrogens (tertiary/aromatic N) is 3. The zero-order chi connectivity index (χ0) is 22.9. The van der Waals surface area contributed by atoms with Crippen molar-refractivity contribution in [2.75, 3.05) is 12.8 Å². The van der Waals surface area contributed by atoms with Crippen LogP contribution in [0.5, 0.6) is 0 Å². The minimum atomic E-state index is -4.41. The Hall–Kier alpha value is -4.14. The Balaban J connectivity index is 1.73. The summed E-state index contributed by atoms with van der Waals surface area (Å²) in [5.41, 5.74) is 8.89. The molecule has 0 atom stereocenters. The van der Waals surface area contributed by atoms with E-state index >= 15 is 0 Å². The number of alkyl halides is 3. The number of hydrogen-bond donors (Lipinski definition) is 1. The van der Waals surface area contributed by atoms with Gasteiger partial charge in [0.15, 0.2) is 0 Å². The first-order valence-corrected chi connectivity index (χ1v) is 9.44. The van der Waals surface area contributed by atoms with Crippen LogP contribution in [0.1, 0.15) is 15.9 Å². The number of nitrogen functional groups attached to an aromatic ring is 1. The average Bonchev–Trinajstić information content (AvgIpc) is 3.28. The van der Waals surface area contributed by atoms with Crippen LogP contribution in [0, 0.1) is 0 Å². The standard InChI is InChI=1S/C23H17F3N4O2/c1-32-22(31)17-10-16(14-4-8-19(27)9-5-14)11-20(12-17)30-13-21(28-29-30)15-2-6-18(7-3-15)23(24,25)26/h2-13H,27H2,1H3. The number of hydrogen-bond acceptors (Lipinski definition) is 5. The van der Waals surface area contributed by atoms with Gasteiger partial charge in [-0.3, -0.25) is 0 Å². The third kappa shape index (κ3) is 4.31. The summed E-state index contributed by atoms with van der Waals surface area (Å²) in [4.78, 5) is 12.2. The summed E-state index contributed by atoms with van der Waals surface area (Å²) in [6, 6.07) is 16.9. The lowest BCUT2D eigenvalue weighted by Crippen LogP contribution is -2.04. The molecule has 6 nitrogen and oxygen atoms in total. The quantitative estimate of drug-likeness (QED) is 0.359. The number of aromatic nitrogens is 3. The molecule has 2 N–H and O–H groups in total. The zero-order valence-electron chi connectivity index (χ0n) is 16.8. The van der Waals surface area contributed by atoms with Crippen molar-refractivity contribution < 1.29 is 22.7 Å². The molecule has 0 aliphatic heterocycles. The number of esters is 1. The number of anilines is 1. The van der Waals surface area contributed by atoms with Gasteiger partial charge in [-0.15, -0.1) is 5.10 Å². The number of benzene rings is 3. The van der Waals surface area contributed by atoms with Crippen LogP contribution in [-0.2, 0) is 10.9 Å². The first-order valence-electron chi connectivity index (χ1n) is 9.44. The minimum Gasteiger partial charge on any atom is -0.465 e. The van der Waals surface area contributed by atoms with E-state index in [4.69, 9.17) is 10.5 Å². The van der Waals surface area contributed by atoms with Crippen molar-refractivity contribution in [2.24, 2.45) is 0 Å². The van der Waals surface area contributed by atoms with Crippen molar-refractivity contribution in [1.82, 2.24) is 15.0 Å². The Kier molecular flexibility index (Phi) is 5.40. The molecule has 0 fully saturated rings. The van der Waals surface area contributed by atoms with Crippen molar-refractivity contribution in [1.29, 1.82) is 0 Å². The largest absolute Gasteiger partial charge is 0.465 e. The molecular weight excluding hydrogens is 421 g/mol. The van der Waals surface area contributed by atoms with Gasteiger partial charge in [0, 0.05) is 11.3 Å². The van der Waals surface area contributed by atoms with Crippen LogP contribution >= 0.6 is 0 Å². The lowest BCUT2D eigenvalue weighted by atomic mass is 10.0. The van der Waals surface area contributed by atoms with Crippen molar-refractivity contribution in [3.8, 4) is 28.1 Å². The number of rotatable bonds is 4. The summed E-state index contributed by atoms with van der Waals surface area (Å²) in [5, 5.41) is 8.14. The Morgan fingerprint density at radius 2 is 1.59 bits per heavy atom. The molecule has 3 aromatic carbocycles. The second-order valence-corrected chi connectivity index (χ2v) is 7.01. The van der Waals surface area contributed by atoms with E-state index in [0.717, 1.165) is 23.3 Å². The van der Waals surface area contributed by atoms with E-state index in [1.807, 2.05) is 18.2 Å². The highest BCUT2D eigenvalue weighted by atomic mass is 19.4. The molecule has 162 valence electrons. The Morgan fingerprint density at radius 3 is 2.22 bits per heavy atom. The number of halogens is 3. The molecule has 1 heterocycles. The fraction of sp³-hybridized carbons (Fsp3) is 0.0870. The minimum absolute atomic E-state index is 0.309. The van der Waals surface area contributed by atoms with Gasteiger partial charge in [-0.25, -0.2) is 9.48 Å². The van der Waals surface area contributed by atoms with E-state index < -0.39 is 17.7 Å². The van der Waals surface area contributed by atoms with E-state index in [9.17, 15) is 18.0 Å². The second kappa shape index (κ2) is 8.18. The number of ether oxygens (including phenoxy) is 1. The van der Waals surface area contributed by atoms with Gasteiger partial charge in [-0.1, -0.05) is 29.5 Å². The van der Waals surface area contributed by atoms with Crippen LogP contribution < -0.4 is 5.73 Å². The SMILES string of the molecule is COC(=O)c1cc(-c2ccc(N)cc2)cc(-n2cc(-c3ccc(C(F)(F)F)cc3)nn2)c1. The van der Waals surface area contributed by atoms with Gasteiger partial charge in [0.2, 0.25) is 0 Å². The normalized spacial score (nSPS) is 11.4. The Morgan fingerprint density at radius 1 is 0.938 bits per heavy atom. The van der Waals surface area contributed by atoms with Crippen LogP contribution in [0.4, 0.5) is 18.9 Å². The maximum atomic E-state index is 12.8. The molecule has 0 aliphatic carbocycles. The van der Waals surface area contributed by atoms with Crippen LogP contribution in [0.15, 0.2) is 72.9 Å². The van der Waals surface area contributed by atoms with E-state index in [-0.39, 0.29) is 0 Å². The van der Waals surface area contributed by atoms with E-state index in [2.05, 4.69) is 10.3 Å².